The highest BCUT2D eigenvalue weighted by Gasteiger charge is 2.34. The Hall–Kier alpha value is -1.85. The number of carbonyl (C=O) groups is 1. The number of aryl methyl sites for hydroxylation is 1. The predicted octanol–water partition coefficient (Wildman–Crippen LogP) is 3.37. The number of aromatic nitrogens is 1. The minimum atomic E-state index is 0.0486. The fraction of sp³-hybridized carbons (Fsp3) is 0.400. The van der Waals surface area contributed by atoms with Crippen molar-refractivity contribution in [1.82, 2.24) is 15.2 Å². The van der Waals surface area contributed by atoms with Crippen molar-refractivity contribution in [1.29, 1.82) is 0 Å². The van der Waals surface area contributed by atoms with E-state index in [9.17, 15) is 4.79 Å². The van der Waals surface area contributed by atoms with Crippen LogP contribution in [-0.2, 0) is 0 Å². The lowest BCUT2D eigenvalue weighted by Gasteiger charge is -2.44. The van der Waals surface area contributed by atoms with Gasteiger partial charge in [0.25, 0.3) is 5.91 Å². The monoisotopic (exact) mass is 353 g/mol. The molecule has 1 amide bonds. The first-order valence-electron chi connectivity index (χ1n) is 8.90. The summed E-state index contributed by atoms with van der Waals surface area (Å²) in [6.07, 6.45) is 6.15. The van der Waals surface area contributed by atoms with Crippen molar-refractivity contribution in [3.05, 3.63) is 53.9 Å². The molecule has 1 atom stereocenters. The second-order valence-corrected chi connectivity index (χ2v) is 8.19. The molecular formula is C20H23N3OS. The maximum atomic E-state index is 12.6. The quantitative estimate of drug-likeness (QED) is 0.915. The molecule has 0 aliphatic carbocycles. The van der Waals surface area contributed by atoms with Gasteiger partial charge in [-0.25, -0.2) is 0 Å². The van der Waals surface area contributed by atoms with Crippen molar-refractivity contribution in [2.45, 2.75) is 35.6 Å². The summed E-state index contributed by atoms with van der Waals surface area (Å²) in [6, 6.07) is 10.3. The molecule has 1 aromatic heterocycles. The van der Waals surface area contributed by atoms with Gasteiger partial charge in [-0.3, -0.25) is 9.78 Å². The van der Waals surface area contributed by atoms with Crippen molar-refractivity contribution in [3.8, 4) is 0 Å². The highest BCUT2D eigenvalue weighted by molar-refractivity contribution is 7.99. The van der Waals surface area contributed by atoms with Gasteiger partial charge < -0.3 is 10.2 Å². The summed E-state index contributed by atoms with van der Waals surface area (Å²) in [5, 5.41) is 3.25. The van der Waals surface area contributed by atoms with E-state index in [1.807, 2.05) is 43.6 Å². The molecule has 3 fully saturated rings. The molecule has 5 heteroatoms. The first-order chi connectivity index (χ1) is 12.2. The highest BCUT2D eigenvalue weighted by Crippen LogP contribution is 2.29. The number of hydrogen-bond acceptors (Lipinski definition) is 4. The van der Waals surface area contributed by atoms with Crippen LogP contribution in [0.3, 0.4) is 0 Å². The maximum Gasteiger partial charge on any atom is 0.251 e. The van der Waals surface area contributed by atoms with E-state index in [4.69, 9.17) is 0 Å². The molecule has 4 nitrogen and oxygen atoms in total. The topological polar surface area (TPSA) is 45.2 Å². The molecule has 0 saturated carbocycles. The smallest absolute Gasteiger partial charge is 0.251 e. The number of amides is 1. The molecule has 2 bridgehead atoms. The van der Waals surface area contributed by atoms with Gasteiger partial charge in [-0.15, -0.1) is 0 Å². The Bertz CT molecular complexity index is 754. The van der Waals surface area contributed by atoms with Crippen LogP contribution >= 0.6 is 11.8 Å². The number of piperidine rings is 3. The molecule has 0 radical (unpaired) electrons. The Labute approximate surface area is 153 Å². The minimum absolute atomic E-state index is 0.0486. The van der Waals surface area contributed by atoms with Gasteiger partial charge >= 0.3 is 0 Å². The van der Waals surface area contributed by atoms with Crippen molar-refractivity contribution in [2.75, 3.05) is 19.6 Å². The maximum absolute atomic E-state index is 12.6. The van der Waals surface area contributed by atoms with Gasteiger partial charge in [0.1, 0.15) is 0 Å². The summed E-state index contributed by atoms with van der Waals surface area (Å²) in [4.78, 5) is 21.5. The number of nitrogens with one attached hydrogen (secondary N) is 1. The third-order valence-corrected chi connectivity index (χ3v) is 6.14. The van der Waals surface area contributed by atoms with Crippen LogP contribution in [0.4, 0.5) is 0 Å². The molecule has 0 spiro atoms. The fourth-order valence-corrected chi connectivity index (χ4v) is 4.68. The zero-order valence-electron chi connectivity index (χ0n) is 14.4. The van der Waals surface area contributed by atoms with E-state index in [1.165, 1.54) is 25.9 Å². The van der Waals surface area contributed by atoms with Crippen LogP contribution < -0.4 is 5.32 Å². The Balaban J connectivity index is 1.39. The molecule has 130 valence electrons. The van der Waals surface area contributed by atoms with Crippen LogP contribution in [0.5, 0.6) is 0 Å². The van der Waals surface area contributed by atoms with E-state index >= 15 is 0 Å². The lowest BCUT2D eigenvalue weighted by atomic mass is 9.84. The van der Waals surface area contributed by atoms with Gasteiger partial charge in [-0.2, -0.15) is 0 Å². The number of hydrogen-bond donors (Lipinski definition) is 1. The van der Waals surface area contributed by atoms with E-state index in [1.54, 1.807) is 11.8 Å². The zero-order chi connectivity index (χ0) is 17.2. The van der Waals surface area contributed by atoms with Crippen molar-refractivity contribution in [3.63, 3.8) is 0 Å². The van der Waals surface area contributed by atoms with Gasteiger partial charge in [0.05, 0.1) is 0 Å². The van der Waals surface area contributed by atoms with Crippen molar-refractivity contribution in [2.24, 2.45) is 5.92 Å². The van der Waals surface area contributed by atoms with E-state index < -0.39 is 0 Å². The lowest BCUT2D eigenvalue weighted by molar-refractivity contribution is 0.0620. The summed E-state index contributed by atoms with van der Waals surface area (Å²) >= 11 is 1.67. The normalized spacial score (nSPS) is 24.9. The third-order valence-electron chi connectivity index (χ3n) is 5.17. The van der Waals surface area contributed by atoms with Crippen LogP contribution in [0.1, 0.15) is 28.8 Å². The van der Waals surface area contributed by atoms with Gasteiger partial charge in [-0.05, 0) is 74.7 Å². The average Bonchev–Trinajstić information content (AvgIpc) is 2.63. The lowest BCUT2D eigenvalue weighted by Crippen LogP contribution is -2.57. The number of carbonyl (C=O) groups excluding carboxylic acids is 1. The Morgan fingerprint density at radius 1 is 1.16 bits per heavy atom. The Morgan fingerprint density at radius 2 is 1.92 bits per heavy atom. The van der Waals surface area contributed by atoms with E-state index in [2.05, 4.69) is 21.3 Å². The SMILES string of the molecule is Cc1cncc(Sc2ccc(C(=O)NC3CN4CCC3CC4)cc2)c1. The number of nitrogens with zero attached hydrogens (tertiary/aromatic N) is 2. The molecule has 25 heavy (non-hydrogen) atoms. The van der Waals surface area contributed by atoms with Gasteiger partial charge in [-0.1, -0.05) is 11.8 Å². The largest absolute Gasteiger partial charge is 0.348 e. The molecule has 5 rings (SSSR count). The molecular weight excluding hydrogens is 330 g/mol. The van der Waals surface area contributed by atoms with Gasteiger partial charge in [0.2, 0.25) is 0 Å². The number of fused-ring (bicyclic) bond motifs is 3. The minimum Gasteiger partial charge on any atom is -0.348 e. The first-order valence-corrected chi connectivity index (χ1v) is 9.72. The standard InChI is InChI=1S/C20H23N3OS/c1-14-10-18(12-21-11-14)25-17-4-2-16(3-5-17)20(24)22-19-13-23-8-6-15(19)7-9-23/h2-5,10-12,15,19H,6-9,13H2,1H3,(H,22,24). The summed E-state index contributed by atoms with van der Waals surface area (Å²) in [7, 11) is 0. The second kappa shape index (κ2) is 7.18. The van der Waals surface area contributed by atoms with Gasteiger partial charge in [0, 0.05) is 40.3 Å². The summed E-state index contributed by atoms with van der Waals surface area (Å²) in [5.41, 5.74) is 1.89. The van der Waals surface area contributed by atoms with Crippen LogP contribution in [0.25, 0.3) is 0 Å². The summed E-state index contributed by atoms with van der Waals surface area (Å²) in [5.74, 6) is 0.699. The van der Waals surface area contributed by atoms with Crippen molar-refractivity contribution < 1.29 is 4.79 Å². The molecule has 4 heterocycles. The van der Waals surface area contributed by atoms with E-state index in [0.717, 1.165) is 27.5 Å². The van der Waals surface area contributed by atoms with Crippen LogP contribution in [0.15, 0.2) is 52.5 Å². The van der Waals surface area contributed by atoms with Crippen LogP contribution in [0, 0.1) is 12.8 Å². The average molecular weight is 353 g/mol. The predicted molar refractivity (Wildman–Crippen MR) is 100.0 cm³/mol. The van der Waals surface area contributed by atoms with E-state index in [0.29, 0.717) is 12.0 Å². The fourth-order valence-electron chi connectivity index (χ4n) is 3.77. The van der Waals surface area contributed by atoms with Gasteiger partial charge in [0.15, 0.2) is 0 Å². The molecule has 2 aromatic rings. The molecule has 3 aliphatic heterocycles. The summed E-state index contributed by atoms with van der Waals surface area (Å²) < 4.78 is 0. The molecule has 1 N–H and O–H groups in total. The third kappa shape index (κ3) is 3.88. The first kappa shape index (κ1) is 16.6. The summed E-state index contributed by atoms with van der Waals surface area (Å²) in [6.45, 7) is 5.43. The molecule has 1 aromatic carbocycles. The zero-order valence-corrected chi connectivity index (χ0v) is 15.3. The highest BCUT2D eigenvalue weighted by atomic mass is 32.2. The molecule has 1 unspecified atom stereocenters. The van der Waals surface area contributed by atoms with Crippen molar-refractivity contribution >= 4 is 17.7 Å². The van der Waals surface area contributed by atoms with E-state index in [-0.39, 0.29) is 5.91 Å². The van der Waals surface area contributed by atoms with Crippen LogP contribution in [-0.4, -0.2) is 41.5 Å². The Morgan fingerprint density at radius 3 is 2.56 bits per heavy atom. The molecule has 3 aliphatic rings. The molecule has 3 saturated heterocycles. The Kier molecular flexibility index (Phi) is 4.77. The number of pyridine rings is 1. The second-order valence-electron chi connectivity index (χ2n) is 7.04. The number of rotatable bonds is 4. The van der Waals surface area contributed by atoms with Crippen LogP contribution in [0.2, 0.25) is 0 Å². The number of benzene rings is 1.